The lowest BCUT2D eigenvalue weighted by Crippen LogP contribution is -2.40. The molecule has 1 amide bonds. The Balaban J connectivity index is 1.59. The van der Waals surface area contributed by atoms with Crippen LogP contribution in [-0.2, 0) is 17.6 Å². The second-order valence-corrected chi connectivity index (χ2v) is 9.43. The Morgan fingerprint density at radius 2 is 2.03 bits per heavy atom. The highest BCUT2D eigenvalue weighted by Gasteiger charge is 2.33. The number of methoxy groups -OCH3 is 1. The molecule has 2 aromatic carbocycles. The van der Waals surface area contributed by atoms with E-state index in [2.05, 4.69) is 48.3 Å². The number of rotatable bonds is 6. The number of hydrogen-bond donors (Lipinski definition) is 1. The van der Waals surface area contributed by atoms with Gasteiger partial charge in [-0.2, -0.15) is 0 Å². The van der Waals surface area contributed by atoms with Crippen molar-refractivity contribution in [2.24, 2.45) is 0 Å². The van der Waals surface area contributed by atoms with Gasteiger partial charge in [0, 0.05) is 22.0 Å². The number of carbonyl (C=O) groups is 1. The van der Waals surface area contributed by atoms with Crippen LogP contribution in [-0.4, -0.2) is 31.0 Å². The van der Waals surface area contributed by atoms with Gasteiger partial charge in [-0.15, -0.1) is 11.3 Å². The van der Waals surface area contributed by atoms with Gasteiger partial charge in [0.05, 0.1) is 24.7 Å². The summed E-state index contributed by atoms with van der Waals surface area (Å²) in [4.78, 5) is 18.0. The van der Waals surface area contributed by atoms with E-state index in [0.717, 1.165) is 19.4 Å². The van der Waals surface area contributed by atoms with Crippen LogP contribution in [0.1, 0.15) is 39.4 Å². The number of fused-ring (bicyclic) bond motifs is 1. The molecule has 4 rings (SSSR count). The summed E-state index contributed by atoms with van der Waals surface area (Å²) in [5, 5.41) is 3.47. The molecule has 1 aliphatic rings. The van der Waals surface area contributed by atoms with E-state index in [1.54, 1.807) is 19.2 Å². The van der Waals surface area contributed by atoms with Gasteiger partial charge in [0.25, 0.3) is 0 Å². The van der Waals surface area contributed by atoms with Crippen LogP contribution < -0.4 is 10.1 Å². The number of ether oxygens (including phenoxy) is 1. The highest BCUT2D eigenvalue weighted by Crippen LogP contribution is 2.42. The monoisotopic (exact) mass is 454 g/mol. The van der Waals surface area contributed by atoms with Crippen LogP contribution in [0.15, 0.2) is 48.5 Å². The van der Waals surface area contributed by atoms with Gasteiger partial charge < -0.3 is 10.1 Å². The predicted molar refractivity (Wildman–Crippen MR) is 129 cm³/mol. The number of nitrogens with one attached hydrogen (secondary N) is 1. The van der Waals surface area contributed by atoms with Crippen molar-refractivity contribution in [3.63, 3.8) is 0 Å². The van der Waals surface area contributed by atoms with E-state index in [9.17, 15) is 4.79 Å². The zero-order chi connectivity index (χ0) is 22.0. The number of amides is 1. The molecule has 4 nitrogen and oxygen atoms in total. The number of thiophene rings is 1. The van der Waals surface area contributed by atoms with Gasteiger partial charge in [-0.25, -0.2) is 0 Å². The molecule has 0 unspecified atom stereocenters. The molecule has 3 aromatic rings. The van der Waals surface area contributed by atoms with E-state index in [-0.39, 0.29) is 11.9 Å². The molecule has 1 aliphatic heterocycles. The average molecular weight is 455 g/mol. The fourth-order valence-electron chi connectivity index (χ4n) is 4.45. The van der Waals surface area contributed by atoms with Crippen molar-refractivity contribution in [1.82, 2.24) is 4.90 Å². The van der Waals surface area contributed by atoms with Crippen LogP contribution in [0.4, 0.5) is 5.69 Å². The molecule has 0 fully saturated rings. The van der Waals surface area contributed by atoms with Gasteiger partial charge in [-0.05, 0) is 54.7 Å². The van der Waals surface area contributed by atoms with Gasteiger partial charge in [0.15, 0.2) is 0 Å². The lowest BCUT2D eigenvalue weighted by molar-refractivity contribution is -0.117. The Kier molecular flexibility index (Phi) is 6.65. The maximum absolute atomic E-state index is 12.9. The maximum atomic E-state index is 12.9. The van der Waals surface area contributed by atoms with Crippen LogP contribution in [0, 0.1) is 6.92 Å². The van der Waals surface area contributed by atoms with Crippen molar-refractivity contribution in [1.29, 1.82) is 0 Å². The molecular formula is C25H27ClN2O2S. The van der Waals surface area contributed by atoms with Crippen molar-refractivity contribution < 1.29 is 9.53 Å². The summed E-state index contributed by atoms with van der Waals surface area (Å²) < 4.78 is 5.19. The van der Waals surface area contributed by atoms with Crippen molar-refractivity contribution in [2.75, 3.05) is 25.5 Å². The minimum absolute atomic E-state index is 0.0467. The van der Waals surface area contributed by atoms with E-state index in [0.29, 0.717) is 23.0 Å². The second-order valence-electron chi connectivity index (χ2n) is 7.76. The summed E-state index contributed by atoms with van der Waals surface area (Å²) in [7, 11) is 1.57. The molecule has 31 heavy (non-hydrogen) atoms. The Hall–Kier alpha value is -2.34. The number of carbonyl (C=O) groups excluding carboxylic acids is 1. The molecule has 1 atom stereocenters. The SMILES string of the molecule is CCc1c(C)sc2c1CCN(CC(=O)Nc1ccc(OC)c(Cl)c1)[C@H]2c1ccccc1. The Bertz CT molecular complexity index is 1080. The van der Waals surface area contributed by atoms with Crippen LogP contribution >= 0.6 is 22.9 Å². The highest BCUT2D eigenvalue weighted by molar-refractivity contribution is 7.12. The molecule has 0 aliphatic carbocycles. The fraction of sp³-hybridized carbons (Fsp3) is 0.320. The van der Waals surface area contributed by atoms with Gasteiger partial charge >= 0.3 is 0 Å². The van der Waals surface area contributed by atoms with Crippen LogP contribution in [0.2, 0.25) is 5.02 Å². The Morgan fingerprint density at radius 1 is 1.26 bits per heavy atom. The molecule has 162 valence electrons. The molecule has 0 saturated carbocycles. The summed E-state index contributed by atoms with van der Waals surface area (Å²) in [5.74, 6) is 0.543. The minimum Gasteiger partial charge on any atom is -0.495 e. The van der Waals surface area contributed by atoms with Crippen molar-refractivity contribution in [2.45, 2.75) is 32.7 Å². The molecule has 0 radical (unpaired) electrons. The molecule has 0 bridgehead atoms. The van der Waals surface area contributed by atoms with E-state index >= 15 is 0 Å². The summed E-state index contributed by atoms with van der Waals surface area (Å²) in [6.45, 7) is 5.62. The van der Waals surface area contributed by atoms with Gasteiger partial charge in [-0.1, -0.05) is 48.9 Å². The molecule has 2 heterocycles. The van der Waals surface area contributed by atoms with Crippen molar-refractivity contribution in [3.05, 3.63) is 80.0 Å². The number of aryl methyl sites for hydroxylation is 1. The summed E-state index contributed by atoms with van der Waals surface area (Å²) in [5.41, 5.74) is 4.87. The molecule has 0 saturated heterocycles. The van der Waals surface area contributed by atoms with Crippen LogP contribution in [0.5, 0.6) is 5.75 Å². The zero-order valence-electron chi connectivity index (χ0n) is 18.1. The molecular weight excluding hydrogens is 428 g/mol. The first-order valence-electron chi connectivity index (χ1n) is 10.5. The first kappa shape index (κ1) is 21.9. The van der Waals surface area contributed by atoms with Crippen LogP contribution in [0.3, 0.4) is 0 Å². The smallest absolute Gasteiger partial charge is 0.238 e. The number of halogens is 1. The first-order chi connectivity index (χ1) is 15.0. The van der Waals surface area contributed by atoms with E-state index < -0.39 is 0 Å². The fourth-order valence-corrected chi connectivity index (χ4v) is 6.18. The van der Waals surface area contributed by atoms with Gasteiger partial charge in [0.1, 0.15) is 5.75 Å². The molecule has 6 heteroatoms. The largest absolute Gasteiger partial charge is 0.495 e. The summed E-state index contributed by atoms with van der Waals surface area (Å²) in [6.07, 6.45) is 2.03. The number of nitrogens with zero attached hydrogens (tertiary/aromatic N) is 1. The standard InChI is InChI=1S/C25H27ClN2O2S/c1-4-19-16(2)31-25-20(19)12-13-28(24(25)17-8-6-5-7-9-17)15-23(29)27-18-10-11-22(30-3)21(26)14-18/h5-11,14,24H,4,12-13,15H2,1-3H3,(H,27,29)/t24-/m0/s1. The third kappa shape index (κ3) is 4.49. The Labute approximate surface area is 192 Å². The van der Waals surface area contributed by atoms with E-state index in [4.69, 9.17) is 16.3 Å². The summed E-state index contributed by atoms with van der Waals surface area (Å²) >= 11 is 8.09. The second kappa shape index (κ2) is 9.43. The maximum Gasteiger partial charge on any atom is 0.238 e. The summed E-state index contributed by atoms with van der Waals surface area (Å²) in [6, 6.07) is 15.9. The normalized spacial score (nSPS) is 16.1. The predicted octanol–water partition coefficient (Wildman–Crippen LogP) is 5.87. The molecule has 1 aromatic heterocycles. The van der Waals surface area contributed by atoms with Gasteiger partial charge in [0.2, 0.25) is 5.91 Å². The Morgan fingerprint density at radius 3 is 2.71 bits per heavy atom. The highest BCUT2D eigenvalue weighted by atomic mass is 35.5. The number of hydrogen-bond acceptors (Lipinski definition) is 4. The van der Waals surface area contributed by atoms with Crippen molar-refractivity contribution in [3.8, 4) is 5.75 Å². The molecule has 0 spiro atoms. The van der Waals surface area contributed by atoms with Crippen molar-refractivity contribution >= 4 is 34.5 Å². The van der Waals surface area contributed by atoms with Gasteiger partial charge in [-0.3, -0.25) is 9.69 Å². The number of benzene rings is 2. The average Bonchev–Trinajstić information content (AvgIpc) is 3.09. The minimum atomic E-state index is -0.0467. The van der Waals surface area contributed by atoms with E-state index in [1.165, 1.54) is 26.4 Å². The lowest BCUT2D eigenvalue weighted by Gasteiger charge is -2.36. The first-order valence-corrected chi connectivity index (χ1v) is 11.7. The lowest BCUT2D eigenvalue weighted by atomic mass is 9.91. The topological polar surface area (TPSA) is 41.6 Å². The third-order valence-corrected chi connectivity index (χ3v) is 7.40. The zero-order valence-corrected chi connectivity index (χ0v) is 19.6. The van der Waals surface area contributed by atoms with Crippen LogP contribution in [0.25, 0.3) is 0 Å². The quantitative estimate of drug-likeness (QED) is 0.506. The van der Waals surface area contributed by atoms with E-state index in [1.807, 2.05) is 23.5 Å². The molecule has 1 N–H and O–H groups in total. The third-order valence-electron chi connectivity index (χ3n) is 5.86. The number of anilines is 1.